The smallest absolute Gasteiger partial charge is 0.194 e. The first kappa shape index (κ1) is 23.9. The van der Waals surface area contributed by atoms with Crippen molar-refractivity contribution in [2.75, 3.05) is 0 Å². The van der Waals surface area contributed by atoms with Gasteiger partial charge in [0.1, 0.15) is 0 Å². The van der Waals surface area contributed by atoms with Gasteiger partial charge in [0.25, 0.3) is 0 Å². The standard InChI is InChI=1S/C26H41F3Si/c1-2-3-4-7-21-14-16-30(17-15-21)23-12-10-20(11-13-23)8-5-6-9-22-18-24(27)26(29)25(28)19-22/h18-21,23,30H,2-17H2,1H3. The summed E-state index contributed by atoms with van der Waals surface area (Å²) in [5.74, 6) is -1.60. The maximum Gasteiger partial charge on any atom is 0.194 e. The SMILES string of the molecule is CCCCCC1CC[SiH](C2CCC(CCCCc3cc(F)c(F)c(F)c3)CC2)CC1. The molecule has 1 aromatic carbocycles. The Kier molecular flexibility index (Phi) is 9.80. The summed E-state index contributed by atoms with van der Waals surface area (Å²) in [6.45, 7) is 2.30. The zero-order valence-corrected chi connectivity index (χ0v) is 20.1. The molecule has 1 aliphatic heterocycles. The van der Waals surface area contributed by atoms with E-state index in [-0.39, 0.29) is 0 Å². The Morgan fingerprint density at radius 1 is 0.767 bits per heavy atom. The second kappa shape index (κ2) is 12.3. The van der Waals surface area contributed by atoms with Crippen LogP contribution in [0.4, 0.5) is 13.2 Å². The van der Waals surface area contributed by atoms with E-state index in [0.29, 0.717) is 12.0 Å². The van der Waals surface area contributed by atoms with E-state index in [4.69, 9.17) is 0 Å². The molecular formula is C26H41F3Si. The van der Waals surface area contributed by atoms with Crippen molar-refractivity contribution in [2.45, 2.75) is 114 Å². The lowest BCUT2D eigenvalue weighted by Crippen LogP contribution is -2.29. The highest BCUT2D eigenvalue weighted by Gasteiger charge is 2.31. The molecule has 0 amide bonds. The van der Waals surface area contributed by atoms with Gasteiger partial charge in [-0.1, -0.05) is 96.1 Å². The van der Waals surface area contributed by atoms with Crippen LogP contribution in [0.15, 0.2) is 12.1 Å². The summed E-state index contributed by atoms with van der Waals surface area (Å²) in [4.78, 5) is 0. The van der Waals surface area contributed by atoms with Gasteiger partial charge >= 0.3 is 0 Å². The Labute approximate surface area is 183 Å². The van der Waals surface area contributed by atoms with Crippen LogP contribution in [-0.2, 0) is 6.42 Å². The molecule has 0 aromatic heterocycles. The quantitative estimate of drug-likeness (QED) is 0.195. The lowest BCUT2D eigenvalue weighted by atomic mass is 9.85. The van der Waals surface area contributed by atoms with Gasteiger partial charge in [-0.15, -0.1) is 0 Å². The van der Waals surface area contributed by atoms with Crippen LogP contribution in [0.5, 0.6) is 0 Å². The van der Waals surface area contributed by atoms with Crippen LogP contribution < -0.4 is 0 Å². The molecule has 1 saturated heterocycles. The second-order valence-corrected chi connectivity index (χ2v) is 13.8. The molecule has 0 radical (unpaired) electrons. The van der Waals surface area contributed by atoms with Crippen LogP contribution in [0.25, 0.3) is 0 Å². The van der Waals surface area contributed by atoms with Crippen LogP contribution in [0.2, 0.25) is 17.6 Å². The molecule has 2 aliphatic rings. The Bertz CT molecular complexity index is 608. The zero-order chi connectivity index (χ0) is 21.3. The molecule has 0 unspecified atom stereocenters. The summed E-state index contributed by atoms with van der Waals surface area (Å²) in [6.07, 6.45) is 18.4. The minimum absolute atomic E-state index is 0.505. The van der Waals surface area contributed by atoms with Gasteiger partial charge in [0.05, 0.1) is 0 Å². The summed E-state index contributed by atoms with van der Waals surface area (Å²) >= 11 is 0. The number of benzene rings is 1. The van der Waals surface area contributed by atoms with Gasteiger partial charge < -0.3 is 0 Å². The van der Waals surface area contributed by atoms with Gasteiger partial charge in [-0.2, -0.15) is 0 Å². The van der Waals surface area contributed by atoms with Gasteiger partial charge in [-0.05, 0) is 47.9 Å². The molecule has 170 valence electrons. The molecule has 1 heterocycles. The number of hydrogen-bond donors (Lipinski definition) is 0. The number of hydrogen-bond acceptors (Lipinski definition) is 0. The van der Waals surface area contributed by atoms with E-state index in [2.05, 4.69) is 6.92 Å². The van der Waals surface area contributed by atoms with Crippen molar-refractivity contribution in [3.8, 4) is 0 Å². The average molecular weight is 439 g/mol. The highest BCUT2D eigenvalue weighted by Crippen LogP contribution is 2.42. The Morgan fingerprint density at radius 3 is 1.93 bits per heavy atom. The second-order valence-electron chi connectivity index (χ2n) is 10.2. The van der Waals surface area contributed by atoms with Crippen molar-refractivity contribution in [3.63, 3.8) is 0 Å². The number of unbranched alkanes of at least 4 members (excludes halogenated alkanes) is 3. The summed E-state index contributed by atoms with van der Waals surface area (Å²) in [7, 11) is -0.505. The van der Waals surface area contributed by atoms with Crippen LogP contribution in [0.1, 0.15) is 96.0 Å². The summed E-state index contributed by atoms with van der Waals surface area (Å²) in [5, 5.41) is 0. The fourth-order valence-corrected chi connectivity index (χ4v) is 10.5. The first-order valence-electron chi connectivity index (χ1n) is 12.7. The molecule has 1 aromatic rings. The van der Waals surface area contributed by atoms with E-state index in [1.54, 1.807) is 12.1 Å². The monoisotopic (exact) mass is 438 g/mol. The lowest BCUT2D eigenvalue weighted by molar-refractivity contribution is 0.323. The molecule has 0 spiro atoms. The molecule has 30 heavy (non-hydrogen) atoms. The third-order valence-electron chi connectivity index (χ3n) is 8.04. The van der Waals surface area contributed by atoms with Gasteiger partial charge in [-0.25, -0.2) is 13.2 Å². The maximum atomic E-state index is 13.3. The predicted molar refractivity (Wildman–Crippen MR) is 123 cm³/mol. The fraction of sp³-hybridized carbons (Fsp3) is 0.769. The molecule has 2 fully saturated rings. The molecule has 0 atom stereocenters. The maximum absolute atomic E-state index is 13.3. The van der Waals surface area contributed by atoms with Gasteiger partial charge in [0.2, 0.25) is 0 Å². The summed E-state index contributed by atoms with van der Waals surface area (Å²) in [5.41, 5.74) is 1.68. The summed E-state index contributed by atoms with van der Waals surface area (Å²) < 4.78 is 39.7. The minimum atomic E-state index is -1.36. The molecule has 1 saturated carbocycles. The molecule has 0 N–H and O–H groups in total. The van der Waals surface area contributed by atoms with Crippen molar-refractivity contribution < 1.29 is 13.2 Å². The molecule has 0 bridgehead atoms. The average Bonchev–Trinajstić information content (AvgIpc) is 2.76. The number of halogens is 3. The normalized spacial score (nSPS) is 27.3. The van der Waals surface area contributed by atoms with E-state index >= 15 is 0 Å². The molecule has 0 nitrogen and oxygen atoms in total. The molecule has 4 heteroatoms. The Balaban J connectivity index is 1.28. The van der Waals surface area contributed by atoms with E-state index < -0.39 is 26.2 Å². The van der Waals surface area contributed by atoms with Crippen molar-refractivity contribution >= 4 is 8.80 Å². The van der Waals surface area contributed by atoms with Crippen molar-refractivity contribution in [1.29, 1.82) is 0 Å². The third kappa shape index (κ3) is 7.14. The number of rotatable bonds is 10. The molecular weight excluding hydrogens is 397 g/mol. The highest BCUT2D eigenvalue weighted by molar-refractivity contribution is 6.60. The molecule has 1 aliphatic carbocycles. The van der Waals surface area contributed by atoms with Crippen LogP contribution >= 0.6 is 0 Å². The van der Waals surface area contributed by atoms with Crippen LogP contribution in [-0.4, -0.2) is 8.80 Å². The predicted octanol–water partition coefficient (Wildman–Crippen LogP) is 8.59. The minimum Gasteiger partial charge on any atom is -0.204 e. The third-order valence-corrected chi connectivity index (χ3v) is 12.2. The van der Waals surface area contributed by atoms with Crippen molar-refractivity contribution in [1.82, 2.24) is 0 Å². The zero-order valence-electron chi connectivity index (χ0n) is 18.9. The van der Waals surface area contributed by atoms with Crippen molar-refractivity contribution in [2.24, 2.45) is 11.8 Å². The first-order valence-corrected chi connectivity index (χ1v) is 15.0. The van der Waals surface area contributed by atoms with Gasteiger partial charge in [0.15, 0.2) is 17.5 Å². The van der Waals surface area contributed by atoms with E-state index in [1.165, 1.54) is 70.6 Å². The van der Waals surface area contributed by atoms with Crippen LogP contribution in [0, 0.1) is 29.3 Å². The van der Waals surface area contributed by atoms with E-state index in [0.717, 1.165) is 42.4 Å². The summed E-state index contributed by atoms with van der Waals surface area (Å²) in [6, 6.07) is 5.51. The van der Waals surface area contributed by atoms with Crippen LogP contribution in [0.3, 0.4) is 0 Å². The largest absolute Gasteiger partial charge is 0.204 e. The first-order chi connectivity index (χ1) is 14.6. The van der Waals surface area contributed by atoms with Crippen molar-refractivity contribution in [3.05, 3.63) is 35.1 Å². The van der Waals surface area contributed by atoms with Gasteiger partial charge in [-0.3, -0.25) is 0 Å². The lowest BCUT2D eigenvalue weighted by Gasteiger charge is -2.37. The van der Waals surface area contributed by atoms with E-state index in [1.807, 2.05) is 0 Å². The van der Waals surface area contributed by atoms with Gasteiger partial charge in [0, 0.05) is 8.80 Å². The molecule has 3 rings (SSSR count). The fourth-order valence-electron chi connectivity index (χ4n) is 6.09. The highest BCUT2D eigenvalue weighted by atomic mass is 28.3. The Hall–Kier alpha value is -0.773. The van der Waals surface area contributed by atoms with E-state index in [9.17, 15) is 13.2 Å². The topological polar surface area (TPSA) is 0 Å². The Morgan fingerprint density at radius 2 is 1.33 bits per heavy atom. The number of aryl methyl sites for hydroxylation is 1.